The molecular weight excluding hydrogens is 397 g/mol. The molecule has 10 N–H and O–H groups in total. The first kappa shape index (κ1) is 26.1. The molecule has 9 atom stereocenters. The Bertz CT molecular complexity index is 508. The topological polar surface area (TPSA) is 258 Å². The summed E-state index contributed by atoms with van der Waals surface area (Å²) in [4.78, 5) is 30.6. The maximum Gasteiger partial charge on any atom is 0.472 e. The highest BCUT2D eigenvalue weighted by Crippen LogP contribution is 2.45. The van der Waals surface area contributed by atoms with E-state index in [0.717, 1.165) is 0 Å². The van der Waals surface area contributed by atoms with E-state index in [1.165, 1.54) is 0 Å². The van der Waals surface area contributed by atoms with Crippen LogP contribution in [0.5, 0.6) is 0 Å². The van der Waals surface area contributed by atoms with Gasteiger partial charge in [0, 0.05) is 0 Å². The predicted molar refractivity (Wildman–Crippen MR) is 83.9 cm³/mol. The molecule has 0 aromatic rings. The Kier molecular flexibility index (Phi) is 11.5. The first-order valence-electron chi connectivity index (χ1n) is 7.43. The molecular formula is C12H24NO13P. The summed E-state index contributed by atoms with van der Waals surface area (Å²) in [6, 6.07) is -1.72. The zero-order valence-electron chi connectivity index (χ0n) is 13.8. The lowest BCUT2D eigenvalue weighted by Gasteiger charge is -2.30. The van der Waals surface area contributed by atoms with Crippen molar-refractivity contribution < 1.29 is 63.8 Å². The van der Waals surface area contributed by atoms with Crippen LogP contribution in [0, 0.1) is 0 Å². The Hall–Kier alpha value is -0.870. The van der Waals surface area contributed by atoms with Crippen LogP contribution in [-0.2, 0) is 23.2 Å². The molecule has 0 aromatic heterocycles. The van der Waals surface area contributed by atoms with E-state index in [1.54, 1.807) is 0 Å². The summed E-state index contributed by atoms with van der Waals surface area (Å²) < 4.78 is 20.7. The highest BCUT2D eigenvalue weighted by Gasteiger charge is 2.39. The number of hydrogen-bond donors (Lipinski definition) is 9. The van der Waals surface area contributed by atoms with Crippen LogP contribution in [0.15, 0.2) is 0 Å². The molecule has 15 heteroatoms. The average Bonchev–Trinajstić information content (AvgIpc) is 2.66. The molecule has 0 rings (SSSR count). The zero-order valence-corrected chi connectivity index (χ0v) is 14.7. The number of phosphoric acid groups is 1. The highest BCUT2D eigenvalue weighted by atomic mass is 31.2. The van der Waals surface area contributed by atoms with Gasteiger partial charge in [0.2, 0.25) is 0 Å². The molecule has 0 saturated carbocycles. The zero-order chi connectivity index (χ0) is 21.4. The number of nitrogens with two attached hydrogens (primary N) is 1. The Morgan fingerprint density at radius 3 is 1.93 bits per heavy atom. The van der Waals surface area contributed by atoms with Crippen molar-refractivity contribution in [3.05, 3.63) is 0 Å². The number of aliphatic hydroxyl groups is 7. The smallest absolute Gasteiger partial charge is 0.394 e. The molecule has 27 heavy (non-hydrogen) atoms. The first-order valence-corrected chi connectivity index (χ1v) is 8.92. The van der Waals surface area contributed by atoms with Crippen LogP contribution in [0.1, 0.15) is 0 Å². The average molecular weight is 421 g/mol. The van der Waals surface area contributed by atoms with Crippen molar-refractivity contribution in [3.63, 3.8) is 0 Å². The van der Waals surface area contributed by atoms with Crippen molar-refractivity contribution in [1.82, 2.24) is 0 Å². The van der Waals surface area contributed by atoms with E-state index in [-0.39, 0.29) is 12.6 Å². The molecule has 0 aliphatic carbocycles. The minimum absolute atomic E-state index is 0.0216. The van der Waals surface area contributed by atoms with Crippen LogP contribution in [0.4, 0.5) is 0 Å². The Morgan fingerprint density at radius 2 is 1.48 bits per heavy atom. The number of aldehydes is 2. The second kappa shape index (κ2) is 11.9. The third-order valence-corrected chi connectivity index (χ3v) is 4.34. The van der Waals surface area contributed by atoms with Crippen molar-refractivity contribution in [3.8, 4) is 0 Å². The van der Waals surface area contributed by atoms with Gasteiger partial charge in [-0.1, -0.05) is 0 Å². The first-order chi connectivity index (χ1) is 12.4. The predicted octanol–water partition coefficient (Wildman–Crippen LogP) is -5.63. The molecule has 0 aliphatic heterocycles. The molecule has 0 saturated heterocycles. The van der Waals surface area contributed by atoms with Crippen molar-refractivity contribution in [2.24, 2.45) is 5.73 Å². The van der Waals surface area contributed by atoms with Gasteiger partial charge >= 0.3 is 7.82 Å². The van der Waals surface area contributed by atoms with Gasteiger partial charge in [-0.2, -0.15) is 0 Å². The van der Waals surface area contributed by atoms with E-state index < -0.39 is 69.8 Å². The third kappa shape index (κ3) is 8.35. The third-order valence-electron chi connectivity index (χ3n) is 3.35. The summed E-state index contributed by atoms with van der Waals surface area (Å²) >= 11 is 0. The number of hydrogen-bond acceptors (Lipinski definition) is 13. The largest absolute Gasteiger partial charge is 0.472 e. The summed E-state index contributed by atoms with van der Waals surface area (Å²) in [6.45, 7) is -2.15. The van der Waals surface area contributed by atoms with Crippen LogP contribution >= 0.6 is 7.82 Å². The van der Waals surface area contributed by atoms with E-state index in [4.69, 9.17) is 15.9 Å². The van der Waals surface area contributed by atoms with E-state index >= 15 is 0 Å². The van der Waals surface area contributed by atoms with Crippen LogP contribution in [-0.4, -0.2) is 115 Å². The summed E-state index contributed by atoms with van der Waals surface area (Å²) in [7, 11) is -5.15. The van der Waals surface area contributed by atoms with Crippen molar-refractivity contribution >= 4 is 20.4 Å². The molecule has 0 radical (unpaired) electrons. The lowest BCUT2D eigenvalue weighted by Crippen LogP contribution is -2.51. The Labute approximate surface area is 153 Å². The normalized spacial score (nSPS) is 23.1. The molecule has 0 spiro atoms. The molecule has 160 valence electrons. The molecule has 0 bridgehead atoms. The van der Waals surface area contributed by atoms with Gasteiger partial charge in [-0.25, -0.2) is 4.57 Å². The summed E-state index contributed by atoms with van der Waals surface area (Å²) in [6.07, 6.45) is -14.4. The Balaban J connectivity index is 4.99. The summed E-state index contributed by atoms with van der Waals surface area (Å²) in [5.41, 5.74) is 5.29. The minimum atomic E-state index is -5.15. The number of rotatable bonds is 14. The molecule has 1 unspecified atom stereocenters. The summed E-state index contributed by atoms with van der Waals surface area (Å²) in [5, 5.41) is 65.3. The molecule has 0 heterocycles. The molecule has 0 aliphatic rings. The van der Waals surface area contributed by atoms with Gasteiger partial charge in [0.25, 0.3) is 0 Å². The van der Waals surface area contributed by atoms with Gasteiger partial charge in [0.1, 0.15) is 49.0 Å². The molecule has 0 aromatic carbocycles. The molecule has 0 fully saturated rings. The van der Waals surface area contributed by atoms with Gasteiger partial charge in [0.15, 0.2) is 6.29 Å². The van der Waals surface area contributed by atoms with Gasteiger partial charge in [-0.05, 0) is 0 Å². The van der Waals surface area contributed by atoms with Gasteiger partial charge < -0.3 is 56.0 Å². The van der Waals surface area contributed by atoms with E-state index in [9.17, 15) is 44.6 Å². The fourth-order valence-corrected chi connectivity index (χ4v) is 2.70. The van der Waals surface area contributed by atoms with Gasteiger partial charge in [-0.3, -0.25) is 9.05 Å². The standard InChI is InChI=1S/C12H24NO13P/c13-5(1-14)12(11(22)7(18)3-16)26-27(23,24)25-4-8(19)10(21)9(20)6(17)2-15/h1-2,5-12,16-22H,3-4,13H2,(H,23,24)/t5-,6-,7+,8+,9+,10+,11+,12+/m0/s1. The number of phosphoric ester groups is 1. The highest BCUT2D eigenvalue weighted by molar-refractivity contribution is 7.47. The quantitative estimate of drug-likeness (QED) is 0.0935. The van der Waals surface area contributed by atoms with Crippen molar-refractivity contribution in [1.29, 1.82) is 0 Å². The number of carbonyl (C=O) groups is 2. The minimum Gasteiger partial charge on any atom is -0.394 e. The van der Waals surface area contributed by atoms with E-state index in [2.05, 4.69) is 9.05 Å². The SMILES string of the molecule is N[C@@H](C=O)[C@@H](OP(=O)(O)OC[C@@H](O)[C@@H](O)[C@H](O)[C@@H](O)C=O)[C@H](O)[C@H](O)CO. The fourth-order valence-electron chi connectivity index (χ4n) is 1.73. The number of carbonyl (C=O) groups excluding carboxylic acids is 2. The monoisotopic (exact) mass is 421 g/mol. The van der Waals surface area contributed by atoms with Crippen molar-refractivity contribution in [2.75, 3.05) is 13.2 Å². The maximum atomic E-state index is 11.9. The lowest BCUT2D eigenvalue weighted by molar-refractivity contribution is -0.137. The summed E-state index contributed by atoms with van der Waals surface area (Å²) in [5.74, 6) is 0. The van der Waals surface area contributed by atoms with Gasteiger partial charge in [-0.15, -0.1) is 0 Å². The van der Waals surface area contributed by atoms with Crippen molar-refractivity contribution in [2.45, 2.75) is 48.8 Å². The van der Waals surface area contributed by atoms with Crippen LogP contribution in [0.3, 0.4) is 0 Å². The second-order valence-electron chi connectivity index (χ2n) is 5.46. The van der Waals surface area contributed by atoms with Gasteiger partial charge in [0.05, 0.1) is 19.3 Å². The van der Waals surface area contributed by atoms with Crippen LogP contribution in [0.25, 0.3) is 0 Å². The van der Waals surface area contributed by atoms with Crippen LogP contribution < -0.4 is 5.73 Å². The Morgan fingerprint density at radius 1 is 0.926 bits per heavy atom. The fraction of sp³-hybridized carbons (Fsp3) is 0.833. The number of aliphatic hydroxyl groups excluding tert-OH is 7. The van der Waals surface area contributed by atoms with Crippen LogP contribution in [0.2, 0.25) is 0 Å². The van der Waals surface area contributed by atoms with E-state index in [1.807, 2.05) is 0 Å². The molecule has 0 amide bonds. The second-order valence-corrected chi connectivity index (χ2v) is 6.87. The van der Waals surface area contributed by atoms with E-state index in [0.29, 0.717) is 0 Å². The molecule has 14 nitrogen and oxygen atoms in total. The maximum absolute atomic E-state index is 11.9. The lowest BCUT2D eigenvalue weighted by atomic mass is 10.0.